The second kappa shape index (κ2) is 6.21. The van der Waals surface area contributed by atoms with E-state index < -0.39 is 17.5 Å². The Hall–Kier alpha value is -2.29. The van der Waals surface area contributed by atoms with E-state index in [1.54, 1.807) is 0 Å². The van der Waals surface area contributed by atoms with Crippen LogP contribution in [-0.2, 0) is 6.42 Å². The van der Waals surface area contributed by atoms with E-state index in [0.29, 0.717) is 5.56 Å². The Bertz CT molecular complexity index is 922. The van der Waals surface area contributed by atoms with Crippen molar-refractivity contribution in [1.29, 1.82) is 0 Å². The Labute approximate surface area is 145 Å². The van der Waals surface area contributed by atoms with Gasteiger partial charge in [-0.3, -0.25) is 0 Å². The quantitative estimate of drug-likeness (QED) is 0.476. The van der Waals surface area contributed by atoms with Gasteiger partial charge in [0.25, 0.3) is 0 Å². The molecule has 4 rings (SSSR count). The second-order valence-corrected chi connectivity index (χ2v) is 6.84. The van der Waals surface area contributed by atoms with Gasteiger partial charge in [0.15, 0.2) is 17.5 Å². The van der Waals surface area contributed by atoms with Crippen LogP contribution in [-0.4, -0.2) is 0 Å². The lowest BCUT2D eigenvalue weighted by molar-refractivity contribution is 0.391. The normalized spacial score (nSPS) is 19.8. The van der Waals surface area contributed by atoms with Gasteiger partial charge in [-0.25, -0.2) is 13.2 Å². The van der Waals surface area contributed by atoms with E-state index in [-0.39, 0.29) is 11.8 Å². The fourth-order valence-corrected chi connectivity index (χ4v) is 4.32. The SMILES string of the molecule is CC[C@@H]1CCc2c(ccc3ccccc23)[C@H]1c1cc(F)c(F)c(F)c1. The van der Waals surface area contributed by atoms with Crippen molar-refractivity contribution in [3.8, 4) is 0 Å². The van der Waals surface area contributed by atoms with E-state index in [1.807, 2.05) is 12.1 Å². The van der Waals surface area contributed by atoms with Crippen molar-refractivity contribution < 1.29 is 13.2 Å². The fraction of sp³-hybridized carbons (Fsp3) is 0.273. The van der Waals surface area contributed by atoms with Crippen LogP contribution in [0.2, 0.25) is 0 Å². The molecule has 0 saturated carbocycles. The number of hydrogen-bond acceptors (Lipinski definition) is 0. The highest BCUT2D eigenvalue weighted by Gasteiger charge is 2.31. The highest BCUT2D eigenvalue weighted by molar-refractivity contribution is 5.87. The zero-order chi connectivity index (χ0) is 17.6. The minimum absolute atomic E-state index is 0.108. The van der Waals surface area contributed by atoms with Gasteiger partial charge < -0.3 is 0 Å². The van der Waals surface area contributed by atoms with Crippen LogP contribution in [0.15, 0.2) is 48.5 Å². The van der Waals surface area contributed by atoms with Gasteiger partial charge in [-0.15, -0.1) is 0 Å². The number of rotatable bonds is 2. The Morgan fingerprint density at radius 2 is 1.68 bits per heavy atom. The third-order valence-corrected chi connectivity index (χ3v) is 5.54. The molecule has 0 saturated heterocycles. The lowest BCUT2D eigenvalue weighted by Gasteiger charge is -2.34. The predicted molar refractivity (Wildman–Crippen MR) is 94.2 cm³/mol. The molecule has 25 heavy (non-hydrogen) atoms. The fourth-order valence-electron chi connectivity index (χ4n) is 4.32. The zero-order valence-corrected chi connectivity index (χ0v) is 14.0. The second-order valence-electron chi connectivity index (χ2n) is 6.84. The standard InChI is InChI=1S/C22H19F3/c1-2-13-7-9-17-16-6-4-3-5-14(16)8-10-18(17)21(13)15-11-19(23)22(25)20(24)12-15/h3-6,8,10-13,21H,2,7,9H2,1H3/t13-,21-/m1/s1. The van der Waals surface area contributed by atoms with Crippen LogP contribution in [0.3, 0.4) is 0 Å². The molecule has 0 N–H and O–H groups in total. The molecule has 0 amide bonds. The van der Waals surface area contributed by atoms with Crippen molar-refractivity contribution in [2.75, 3.05) is 0 Å². The summed E-state index contributed by atoms with van der Waals surface area (Å²) in [6, 6.07) is 14.7. The molecule has 0 fully saturated rings. The average Bonchev–Trinajstić information content (AvgIpc) is 2.64. The average molecular weight is 340 g/mol. The smallest absolute Gasteiger partial charge is 0.194 e. The molecule has 1 aliphatic carbocycles. The summed E-state index contributed by atoms with van der Waals surface area (Å²) in [5, 5.41) is 2.37. The summed E-state index contributed by atoms with van der Waals surface area (Å²) in [5.74, 6) is -3.44. The van der Waals surface area contributed by atoms with Crippen molar-refractivity contribution in [1.82, 2.24) is 0 Å². The summed E-state index contributed by atoms with van der Waals surface area (Å²) in [6.07, 6.45) is 2.83. The van der Waals surface area contributed by atoms with Gasteiger partial charge in [0.1, 0.15) is 0 Å². The number of hydrogen-bond donors (Lipinski definition) is 0. The van der Waals surface area contributed by atoms with Gasteiger partial charge in [0.05, 0.1) is 0 Å². The third kappa shape index (κ3) is 2.62. The third-order valence-electron chi connectivity index (χ3n) is 5.54. The maximum Gasteiger partial charge on any atom is 0.194 e. The van der Waals surface area contributed by atoms with E-state index in [4.69, 9.17) is 0 Å². The van der Waals surface area contributed by atoms with E-state index in [1.165, 1.54) is 16.3 Å². The highest BCUT2D eigenvalue weighted by atomic mass is 19.2. The molecule has 0 bridgehead atoms. The van der Waals surface area contributed by atoms with E-state index in [0.717, 1.165) is 37.0 Å². The Morgan fingerprint density at radius 3 is 2.40 bits per heavy atom. The number of halogens is 3. The summed E-state index contributed by atoms with van der Waals surface area (Å²) in [5.41, 5.74) is 2.89. The number of fused-ring (bicyclic) bond motifs is 3. The molecule has 0 aliphatic heterocycles. The van der Waals surface area contributed by atoms with Crippen LogP contribution in [0.1, 0.15) is 42.4 Å². The largest absolute Gasteiger partial charge is 0.204 e. The molecule has 1 aliphatic rings. The summed E-state index contributed by atoms with van der Waals surface area (Å²) in [4.78, 5) is 0. The first kappa shape index (κ1) is 16.2. The van der Waals surface area contributed by atoms with Crippen LogP contribution in [0.25, 0.3) is 10.8 Å². The van der Waals surface area contributed by atoms with Crippen LogP contribution in [0.4, 0.5) is 13.2 Å². The topological polar surface area (TPSA) is 0 Å². The lowest BCUT2D eigenvalue weighted by atomic mass is 9.70. The highest BCUT2D eigenvalue weighted by Crippen LogP contribution is 2.44. The van der Waals surface area contributed by atoms with Crippen LogP contribution < -0.4 is 0 Å². The van der Waals surface area contributed by atoms with Crippen molar-refractivity contribution in [2.45, 2.75) is 32.1 Å². The van der Waals surface area contributed by atoms with Gasteiger partial charge in [0, 0.05) is 5.92 Å². The molecule has 128 valence electrons. The Balaban J connectivity index is 1.94. The summed E-state index contributed by atoms with van der Waals surface area (Å²) in [6.45, 7) is 2.10. The van der Waals surface area contributed by atoms with Gasteiger partial charge in [-0.2, -0.15) is 0 Å². The molecule has 0 spiro atoms. The Kier molecular flexibility index (Phi) is 4.03. The molecule has 3 aromatic rings. The van der Waals surface area contributed by atoms with Crippen LogP contribution in [0, 0.1) is 23.4 Å². The zero-order valence-electron chi connectivity index (χ0n) is 14.0. The van der Waals surface area contributed by atoms with Gasteiger partial charge in [-0.1, -0.05) is 49.7 Å². The molecule has 0 nitrogen and oxygen atoms in total. The van der Waals surface area contributed by atoms with Crippen molar-refractivity contribution in [3.05, 3.63) is 82.7 Å². The maximum absolute atomic E-state index is 13.8. The molecule has 3 aromatic carbocycles. The van der Waals surface area contributed by atoms with Crippen molar-refractivity contribution in [2.24, 2.45) is 5.92 Å². The molecule has 0 aromatic heterocycles. The minimum atomic E-state index is -1.40. The number of benzene rings is 3. The van der Waals surface area contributed by atoms with Gasteiger partial charge >= 0.3 is 0 Å². The monoisotopic (exact) mass is 340 g/mol. The van der Waals surface area contributed by atoms with Crippen molar-refractivity contribution in [3.63, 3.8) is 0 Å². The first-order valence-corrected chi connectivity index (χ1v) is 8.75. The summed E-state index contributed by atoms with van der Waals surface area (Å²) in [7, 11) is 0. The minimum Gasteiger partial charge on any atom is -0.204 e. The summed E-state index contributed by atoms with van der Waals surface area (Å²) < 4.78 is 41.1. The molecular formula is C22H19F3. The molecular weight excluding hydrogens is 321 g/mol. The molecule has 0 unspecified atom stereocenters. The molecule has 2 atom stereocenters. The predicted octanol–water partition coefficient (Wildman–Crippen LogP) is 6.36. The first-order chi connectivity index (χ1) is 12.1. The van der Waals surface area contributed by atoms with Gasteiger partial charge in [-0.05, 0) is 58.4 Å². The van der Waals surface area contributed by atoms with Crippen LogP contribution in [0.5, 0.6) is 0 Å². The summed E-state index contributed by atoms with van der Waals surface area (Å²) >= 11 is 0. The molecule has 0 radical (unpaired) electrons. The maximum atomic E-state index is 13.8. The first-order valence-electron chi connectivity index (χ1n) is 8.75. The lowest BCUT2D eigenvalue weighted by Crippen LogP contribution is -2.22. The van der Waals surface area contributed by atoms with Crippen LogP contribution >= 0.6 is 0 Å². The van der Waals surface area contributed by atoms with Gasteiger partial charge in [0.2, 0.25) is 0 Å². The van der Waals surface area contributed by atoms with E-state index in [2.05, 4.69) is 31.2 Å². The van der Waals surface area contributed by atoms with E-state index in [9.17, 15) is 13.2 Å². The van der Waals surface area contributed by atoms with E-state index >= 15 is 0 Å². The molecule has 3 heteroatoms. The number of aryl methyl sites for hydroxylation is 1. The molecule has 0 heterocycles. The Morgan fingerprint density at radius 1 is 0.960 bits per heavy atom. The van der Waals surface area contributed by atoms with Crippen molar-refractivity contribution >= 4 is 10.8 Å².